The van der Waals surface area contributed by atoms with Crippen molar-refractivity contribution in [1.29, 1.82) is 0 Å². The molecule has 4 heterocycles. The van der Waals surface area contributed by atoms with Crippen molar-refractivity contribution in [1.82, 2.24) is 25.1 Å². The molecule has 7 heteroatoms. The van der Waals surface area contributed by atoms with Gasteiger partial charge in [-0.25, -0.2) is 0 Å². The summed E-state index contributed by atoms with van der Waals surface area (Å²) >= 11 is 0. The van der Waals surface area contributed by atoms with Crippen molar-refractivity contribution in [3.05, 3.63) is 54.6 Å². The number of carbonyl (C=O) groups excluding carboxylic acids is 1. The Labute approximate surface area is 191 Å². The topological polar surface area (TPSA) is 70.6 Å². The van der Waals surface area contributed by atoms with Crippen LogP contribution in [0.2, 0.25) is 0 Å². The number of rotatable bonds is 9. The molecule has 0 spiro atoms. The largest absolute Gasteiger partial charge is 0.492 e. The molecule has 2 aliphatic rings. The maximum absolute atomic E-state index is 13.1. The summed E-state index contributed by atoms with van der Waals surface area (Å²) in [5.41, 5.74) is 1.22. The van der Waals surface area contributed by atoms with Gasteiger partial charge in [-0.2, -0.15) is 0 Å². The molecule has 0 saturated carbocycles. The summed E-state index contributed by atoms with van der Waals surface area (Å²) in [5.74, 6) is 1.23. The predicted octanol–water partition coefficient (Wildman–Crippen LogP) is 2.59. The van der Waals surface area contributed by atoms with Crippen molar-refractivity contribution >= 4 is 5.91 Å². The van der Waals surface area contributed by atoms with E-state index < -0.39 is 0 Å². The number of piperidine rings is 1. The van der Waals surface area contributed by atoms with Crippen LogP contribution in [0.5, 0.6) is 5.75 Å². The van der Waals surface area contributed by atoms with Gasteiger partial charge in [-0.05, 0) is 69.1 Å². The Morgan fingerprint density at radius 1 is 1.19 bits per heavy atom. The molecule has 1 amide bonds. The lowest BCUT2D eigenvalue weighted by atomic mass is 9.88. The maximum Gasteiger partial charge on any atom is 0.224 e. The third-order valence-corrected chi connectivity index (χ3v) is 6.71. The van der Waals surface area contributed by atoms with Gasteiger partial charge in [-0.1, -0.05) is 0 Å². The number of carbonyl (C=O) groups is 1. The third-order valence-electron chi connectivity index (χ3n) is 6.71. The zero-order valence-electron chi connectivity index (χ0n) is 19.0. The van der Waals surface area contributed by atoms with Crippen molar-refractivity contribution in [2.24, 2.45) is 11.8 Å². The number of ether oxygens (including phenoxy) is 1. The zero-order chi connectivity index (χ0) is 22.2. The number of amides is 1. The second-order valence-electron chi connectivity index (χ2n) is 9.20. The van der Waals surface area contributed by atoms with Gasteiger partial charge < -0.3 is 15.0 Å². The molecule has 0 aliphatic carbocycles. The molecular weight excluding hydrogens is 402 g/mol. The Morgan fingerprint density at radius 3 is 2.81 bits per heavy atom. The van der Waals surface area contributed by atoms with E-state index in [1.165, 1.54) is 24.9 Å². The van der Waals surface area contributed by atoms with Gasteiger partial charge in [0.15, 0.2) is 0 Å². The normalized spacial score (nSPS) is 24.3. The molecule has 4 rings (SSSR count). The summed E-state index contributed by atoms with van der Waals surface area (Å²) < 4.78 is 6.00. The molecule has 7 nitrogen and oxygen atoms in total. The van der Waals surface area contributed by atoms with E-state index in [1.54, 1.807) is 12.4 Å². The van der Waals surface area contributed by atoms with E-state index in [9.17, 15) is 4.79 Å². The van der Waals surface area contributed by atoms with Gasteiger partial charge in [0, 0.05) is 56.7 Å². The van der Waals surface area contributed by atoms with E-state index in [4.69, 9.17) is 4.74 Å². The van der Waals surface area contributed by atoms with E-state index in [0.717, 1.165) is 44.8 Å². The van der Waals surface area contributed by atoms with Crippen LogP contribution < -0.4 is 10.1 Å². The first-order valence-electron chi connectivity index (χ1n) is 11.8. The molecule has 2 saturated heterocycles. The highest BCUT2D eigenvalue weighted by atomic mass is 16.5. The predicted molar refractivity (Wildman–Crippen MR) is 124 cm³/mol. The van der Waals surface area contributed by atoms with E-state index in [2.05, 4.69) is 32.1 Å². The highest BCUT2D eigenvalue weighted by Crippen LogP contribution is 2.25. The molecular formula is C25H35N5O2. The van der Waals surface area contributed by atoms with E-state index in [0.29, 0.717) is 18.6 Å². The van der Waals surface area contributed by atoms with Gasteiger partial charge in [0.2, 0.25) is 5.91 Å². The lowest BCUT2D eigenvalue weighted by Gasteiger charge is -2.37. The van der Waals surface area contributed by atoms with Crippen LogP contribution in [-0.4, -0.2) is 71.6 Å². The van der Waals surface area contributed by atoms with Crippen molar-refractivity contribution in [3.8, 4) is 5.75 Å². The van der Waals surface area contributed by atoms with Gasteiger partial charge in [0.05, 0.1) is 18.7 Å². The lowest BCUT2D eigenvalue weighted by Crippen LogP contribution is -2.47. The molecule has 172 valence electrons. The summed E-state index contributed by atoms with van der Waals surface area (Å²) in [5, 5.41) is 3.23. The van der Waals surface area contributed by atoms with Gasteiger partial charge in [-0.3, -0.25) is 19.7 Å². The number of hydrogen-bond acceptors (Lipinski definition) is 6. The van der Waals surface area contributed by atoms with Crippen LogP contribution in [0.3, 0.4) is 0 Å². The number of nitrogens with one attached hydrogen (secondary N) is 1. The number of aromatic nitrogens is 2. The van der Waals surface area contributed by atoms with Crippen molar-refractivity contribution in [2.75, 3.05) is 39.8 Å². The summed E-state index contributed by atoms with van der Waals surface area (Å²) in [4.78, 5) is 26.1. The molecule has 2 aromatic heterocycles. The molecule has 0 radical (unpaired) electrons. The Hall–Kier alpha value is -2.51. The van der Waals surface area contributed by atoms with Crippen LogP contribution in [0.25, 0.3) is 0 Å². The lowest BCUT2D eigenvalue weighted by molar-refractivity contribution is -0.127. The molecule has 1 N–H and O–H groups in total. The first kappa shape index (κ1) is 22.7. The number of pyridine rings is 2. The van der Waals surface area contributed by atoms with Crippen molar-refractivity contribution in [3.63, 3.8) is 0 Å². The minimum Gasteiger partial charge on any atom is -0.492 e. The van der Waals surface area contributed by atoms with Gasteiger partial charge in [0.1, 0.15) is 5.75 Å². The SMILES string of the molecule is CN1CCC[C@@H]1CCNC(=O)[C@@H]1C[C@H](COc2cccnc2)CN(Cc2ccncc2)C1. The second kappa shape index (κ2) is 11.4. The Balaban J connectivity index is 1.33. The average Bonchev–Trinajstić information content (AvgIpc) is 3.23. The average molecular weight is 438 g/mol. The monoisotopic (exact) mass is 437 g/mol. The first-order chi connectivity index (χ1) is 15.7. The van der Waals surface area contributed by atoms with Crippen LogP contribution >= 0.6 is 0 Å². The quantitative estimate of drug-likeness (QED) is 0.650. The molecule has 2 fully saturated rings. The van der Waals surface area contributed by atoms with Crippen molar-refractivity contribution < 1.29 is 9.53 Å². The Bertz CT molecular complexity index is 835. The minimum atomic E-state index is -0.0191. The Morgan fingerprint density at radius 2 is 2.06 bits per heavy atom. The van der Waals surface area contributed by atoms with Gasteiger partial charge in [-0.15, -0.1) is 0 Å². The summed E-state index contributed by atoms with van der Waals surface area (Å²) in [7, 11) is 2.18. The summed E-state index contributed by atoms with van der Waals surface area (Å²) in [6.07, 6.45) is 11.5. The molecule has 3 atom stereocenters. The van der Waals surface area contributed by atoms with Crippen LogP contribution in [0.15, 0.2) is 49.1 Å². The highest BCUT2D eigenvalue weighted by molar-refractivity contribution is 5.79. The molecule has 0 bridgehead atoms. The van der Waals surface area contributed by atoms with Gasteiger partial charge >= 0.3 is 0 Å². The van der Waals surface area contributed by atoms with Crippen LogP contribution in [0.1, 0.15) is 31.2 Å². The van der Waals surface area contributed by atoms with Crippen LogP contribution in [-0.2, 0) is 11.3 Å². The first-order valence-corrected chi connectivity index (χ1v) is 11.8. The molecule has 2 aliphatic heterocycles. The second-order valence-corrected chi connectivity index (χ2v) is 9.20. The summed E-state index contributed by atoms with van der Waals surface area (Å²) in [6, 6.07) is 8.50. The zero-order valence-corrected chi connectivity index (χ0v) is 19.0. The minimum absolute atomic E-state index is 0.0191. The highest BCUT2D eigenvalue weighted by Gasteiger charge is 2.32. The van der Waals surface area contributed by atoms with Gasteiger partial charge in [0.25, 0.3) is 0 Å². The molecule has 32 heavy (non-hydrogen) atoms. The standard InChI is InChI=1S/C25H35N5O2/c1-29-13-3-4-23(29)8-12-28-25(31)22-14-21(19-32-24-5-2-9-27-15-24)17-30(18-22)16-20-6-10-26-11-7-20/h2,5-7,9-11,15,21-23H,3-4,8,12-14,16-19H2,1H3,(H,28,31)/t21-,22+,23+/m0/s1. The van der Waals surface area contributed by atoms with Crippen molar-refractivity contribution in [2.45, 2.75) is 38.3 Å². The van der Waals surface area contributed by atoms with Crippen LogP contribution in [0.4, 0.5) is 0 Å². The Kier molecular flexibility index (Phi) is 8.07. The molecule has 0 aromatic carbocycles. The smallest absolute Gasteiger partial charge is 0.224 e. The number of likely N-dealkylation sites (tertiary alicyclic amines) is 2. The molecule has 2 aromatic rings. The molecule has 0 unspecified atom stereocenters. The number of nitrogens with zero attached hydrogens (tertiary/aromatic N) is 4. The van der Waals surface area contributed by atoms with E-state index in [1.807, 2.05) is 36.7 Å². The fourth-order valence-electron chi connectivity index (χ4n) is 4.99. The fourth-order valence-corrected chi connectivity index (χ4v) is 4.99. The summed E-state index contributed by atoms with van der Waals surface area (Å²) in [6.45, 7) is 5.03. The maximum atomic E-state index is 13.1. The third kappa shape index (κ3) is 6.50. The fraction of sp³-hybridized carbons (Fsp3) is 0.560. The van der Waals surface area contributed by atoms with Crippen LogP contribution in [0, 0.1) is 11.8 Å². The van der Waals surface area contributed by atoms with E-state index in [-0.39, 0.29) is 11.8 Å². The van der Waals surface area contributed by atoms with E-state index >= 15 is 0 Å². The number of hydrogen-bond donors (Lipinski definition) is 1.